The fourth-order valence-corrected chi connectivity index (χ4v) is 2.46. The summed E-state index contributed by atoms with van der Waals surface area (Å²) in [6.45, 7) is 3.95. The molecule has 2 rings (SSSR count). The Labute approximate surface area is 119 Å². The molecule has 0 radical (unpaired) electrons. The summed E-state index contributed by atoms with van der Waals surface area (Å²) in [6, 6.07) is 5.27. The maximum atomic E-state index is 12.2. The molecule has 1 aromatic carbocycles. The average Bonchev–Trinajstić information content (AvgIpc) is 3.00. The molecule has 1 aliphatic rings. The van der Waals surface area contributed by atoms with Gasteiger partial charge < -0.3 is 14.8 Å². The summed E-state index contributed by atoms with van der Waals surface area (Å²) in [5.74, 6) is 1.27. The number of anilines is 1. The standard InChI is InChI=1S/C15H22N2O3/c1-11(17-8-4-5-9-17)15(18)16-12-6-7-13(19-2)14(10-12)20-3/h6-7,10-11H,4-5,8-9H2,1-3H3,(H,16,18)/t11-/m1/s1. The lowest BCUT2D eigenvalue weighted by Gasteiger charge is -2.22. The summed E-state index contributed by atoms with van der Waals surface area (Å²) < 4.78 is 10.4. The topological polar surface area (TPSA) is 50.8 Å². The molecular weight excluding hydrogens is 256 g/mol. The second kappa shape index (κ2) is 6.61. The molecule has 1 heterocycles. The molecule has 1 aromatic rings. The van der Waals surface area contributed by atoms with Gasteiger partial charge in [-0.2, -0.15) is 0 Å². The van der Waals surface area contributed by atoms with Crippen LogP contribution in [0.15, 0.2) is 18.2 Å². The van der Waals surface area contributed by atoms with Crippen molar-refractivity contribution in [2.75, 3.05) is 32.6 Å². The molecule has 1 atom stereocenters. The zero-order valence-corrected chi connectivity index (χ0v) is 12.3. The number of hydrogen-bond donors (Lipinski definition) is 1. The van der Waals surface area contributed by atoms with Crippen LogP contribution in [0, 0.1) is 0 Å². The van der Waals surface area contributed by atoms with Crippen molar-refractivity contribution < 1.29 is 14.3 Å². The molecule has 1 N–H and O–H groups in total. The number of benzene rings is 1. The number of nitrogens with zero attached hydrogens (tertiary/aromatic N) is 1. The van der Waals surface area contributed by atoms with Crippen LogP contribution in [0.4, 0.5) is 5.69 Å². The first-order chi connectivity index (χ1) is 9.65. The molecule has 110 valence electrons. The van der Waals surface area contributed by atoms with E-state index in [1.165, 1.54) is 12.8 Å². The second-order valence-corrected chi connectivity index (χ2v) is 4.98. The maximum Gasteiger partial charge on any atom is 0.241 e. The predicted octanol–water partition coefficient (Wildman–Crippen LogP) is 2.13. The Morgan fingerprint density at radius 2 is 1.85 bits per heavy atom. The lowest BCUT2D eigenvalue weighted by molar-refractivity contribution is -0.120. The van der Waals surface area contributed by atoms with E-state index in [1.807, 2.05) is 13.0 Å². The molecule has 20 heavy (non-hydrogen) atoms. The van der Waals surface area contributed by atoms with Crippen molar-refractivity contribution in [1.82, 2.24) is 4.90 Å². The van der Waals surface area contributed by atoms with Crippen molar-refractivity contribution >= 4 is 11.6 Å². The molecule has 0 aromatic heterocycles. The highest BCUT2D eigenvalue weighted by Crippen LogP contribution is 2.29. The van der Waals surface area contributed by atoms with Gasteiger partial charge in [0.25, 0.3) is 0 Å². The van der Waals surface area contributed by atoms with Crippen molar-refractivity contribution in [2.45, 2.75) is 25.8 Å². The molecule has 0 unspecified atom stereocenters. The van der Waals surface area contributed by atoms with E-state index in [2.05, 4.69) is 10.2 Å². The van der Waals surface area contributed by atoms with Gasteiger partial charge in [0.2, 0.25) is 5.91 Å². The van der Waals surface area contributed by atoms with E-state index in [9.17, 15) is 4.79 Å². The van der Waals surface area contributed by atoms with Crippen LogP contribution < -0.4 is 14.8 Å². The molecule has 5 heteroatoms. The van der Waals surface area contributed by atoms with Gasteiger partial charge in [0, 0.05) is 11.8 Å². The Morgan fingerprint density at radius 3 is 2.45 bits per heavy atom. The Hall–Kier alpha value is -1.75. The van der Waals surface area contributed by atoms with Crippen LogP contribution in [0.5, 0.6) is 11.5 Å². The highest BCUT2D eigenvalue weighted by molar-refractivity contribution is 5.94. The van der Waals surface area contributed by atoms with Crippen molar-refractivity contribution in [3.05, 3.63) is 18.2 Å². The fourth-order valence-electron chi connectivity index (χ4n) is 2.46. The molecule has 5 nitrogen and oxygen atoms in total. The molecule has 1 aliphatic heterocycles. The van der Waals surface area contributed by atoms with Crippen molar-refractivity contribution in [1.29, 1.82) is 0 Å². The predicted molar refractivity (Wildman–Crippen MR) is 78.4 cm³/mol. The molecule has 0 spiro atoms. The first kappa shape index (κ1) is 14.7. The number of carbonyl (C=O) groups is 1. The monoisotopic (exact) mass is 278 g/mol. The van der Waals surface area contributed by atoms with Gasteiger partial charge in [0.05, 0.1) is 20.3 Å². The number of ether oxygens (including phenoxy) is 2. The van der Waals surface area contributed by atoms with Crippen LogP contribution in [-0.2, 0) is 4.79 Å². The van der Waals surface area contributed by atoms with Gasteiger partial charge in [-0.1, -0.05) is 0 Å². The van der Waals surface area contributed by atoms with E-state index in [1.54, 1.807) is 26.4 Å². The molecule has 0 aliphatic carbocycles. The zero-order chi connectivity index (χ0) is 14.5. The first-order valence-corrected chi connectivity index (χ1v) is 6.92. The number of hydrogen-bond acceptors (Lipinski definition) is 4. The SMILES string of the molecule is COc1ccc(NC(=O)[C@@H](C)N2CCCC2)cc1OC. The Morgan fingerprint density at radius 1 is 1.20 bits per heavy atom. The normalized spacial score (nSPS) is 16.8. The largest absolute Gasteiger partial charge is 0.493 e. The number of nitrogens with one attached hydrogen (secondary N) is 1. The molecule has 0 saturated carbocycles. The third kappa shape index (κ3) is 3.22. The van der Waals surface area contributed by atoms with Crippen molar-refractivity contribution in [3.63, 3.8) is 0 Å². The first-order valence-electron chi connectivity index (χ1n) is 6.92. The zero-order valence-electron chi connectivity index (χ0n) is 12.3. The average molecular weight is 278 g/mol. The van der Waals surface area contributed by atoms with Gasteiger partial charge in [-0.05, 0) is 45.0 Å². The number of carbonyl (C=O) groups excluding carboxylic acids is 1. The van der Waals surface area contributed by atoms with Gasteiger partial charge in [-0.15, -0.1) is 0 Å². The van der Waals surface area contributed by atoms with Gasteiger partial charge in [0.15, 0.2) is 11.5 Å². The fraction of sp³-hybridized carbons (Fsp3) is 0.533. The summed E-state index contributed by atoms with van der Waals surface area (Å²) in [5, 5.41) is 2.93. The van der Waals surface area contributed by atoms with Gasteiger partial charge in [-0.3, -0.25) is 9.69 Å². The Kier molecular flexibility index (Phi) is 4.84. The Balaban J connectivity index is 2.03. The van der Waals surface area contributed by atoms with E-state index in [0.29, 0.717) is 11.5 Å². The summed E-state index contributed by atoms with van der Waals surface area (Å²) in [6.07, 6.45) is 2.35. The molecule has 1 amide bonds. The molecule has 1 fully saturated rings. The van der Waals surface area contributed by atoms with Gasteiger partial charge in [0.1, 0.15) is 0 Å². The van der Waals surface area contributed by atoms with Crippen LogP contribution in [0.1, 0.15) is 19.8 Å². The number of amides is 1. The Bertz CT molecular complexity index is 470. The van der Waals surface area contributed by atoms with Crippen LogP contribution in [0.25, 0.3) is 0 Å². The highest BCUT2D eigenvalue weighted by atomic mass is 16.5. The number of methoxy groups -OCH3 is 2. The van der Waals surface area contributed by atoms with Crippen LogP contribution >= 0.6 is 0 Å². The minimum Gasteiger partial charge on any atom is -0.493 e. The van der Waals surface area contributed by atoms with E-state index >= 15 is 0 Å². The maximum absolute atomic E-state index is 12.2. The van der Waals surface area contributed by atoms with Gasteiger partial charge >= 0.3 is 0 Å². The van der Waals surface area contributed by atoms with Crippen molar-refractivity contribution in [3.8, 4) is 11.5 Å². The third-order valence-electron chi connectivity index (χ3n) is 3.72. The second-order valence-electron chi connectivity index (χ2n) is 4.98. The van der Waals surface area contributed by atoms with Crippen LogP contribution in [0.2, 0.25) is 0 Å². The summed E-state index contributed by atoms with van der Waals surface area (Å²) in [5.41, 5.74) is 0.721. The molecular formula is C15H22N2O3. The lowest BCUT2D eigenvalue weighted by atomic mass is 10.2. The summed E-state index contributed by atoms with van der Waals surface area (Å²) in [7, 11) is 3.17. The smallest absolute Gasteiger partial charge is 0.241 e. The number of likely N-dealkylation sites (tertiary alicyclic amines) is 1. The van der Waals surface area contributed by atoms with E-state index in [-0.39, 0.29) is 11.9 Å². The minimum atomic E-state index is -0.106. The van der Waals surface area contributed by atoms with E-state index in [0.717, 1.165) is 18.8 Å². The minimum absolute atomic E-state index is 0.0131. The van der Waals surface area contributed by atoms with Crippen LogP contribution in [-0.4, -0.2) is 44.2 Å². The molecule has 0 bridgehead atoms. The lowest BCUT2D eigenvalue weighted by Crippen LogP contribution is -2.40. The summed E-state index contributed by atoms with van der Waals surface area (Å²) in [4.78, 5) is 14.4. The quantitative estimate of drug-likeness (QED) is 0.896. The van der Waals surface area contributed by atoms with Crippen molar-refractivity contribution in [2.24, 2.45) is 0 Å². The van der Waals surface area contributed by atoms with Gasteiger partial charge in [-0.25, -0.2) is 0 Å². The molecule has 1 saturated heterocycles. The van der Waals surface area contributed by atoms with E-state index in [4.69, 9.17) is 9.47 Å². The van der Waals surface area contributed by atoms with E-state index < -0.39 is 0 Å². The van der Waals surface area contributed by atoms with Crippen LogP contribution in [0.3, 0.4) is 0 Å². The number of rotatable bonds is 5. The summed E-state index contributed by atoms with van der Waals surface area (Å²) >= 11 is 0. The third-order valence-corrected chi connectivity index (χ3v) is 3.72. The highest BCUT2D eigenvalue weighted by Gasteiger charge is 2.24.